The Morgan fingerprint density at radius 1 is 1.00 bits per heavy atom. The van der Waals surface area contributed by atoms with E-state index in [1.807, 2.05) is 45.9 Å². The first kappa shape index (κ1) is 21.8. The third kappa shape index (κ3) is 3.44. The Morgan fingerprint density at radius 2 is 1.57 bits per heavy atom. The third-order valence-corrected chi connectivity index (χ3v) is 5.40. The van der Waals surface area contributed by atoms with Crippen LogP contribution in [0.5, 0.6) is 0 Å². The number of hydrogen-bond acceptors (Lipinski definition) is 5. The van der Waals surface area contributed by atoms with Crippen molar-refractivity contribution in [3.8, 4) is 0 Å². The molecular weight excluding hydrogens is 400 g/mol. The molecule has 0 unspecified atom stereocenters. The topological polar surface area (TPSA) is 66.9 Å². The van der Waals surface area contributed by atoms with E-state index in [0.29, 0.717) is 5.69 Å². The number of rotatable bonds is 6. The second-order valence-electron chi connectivity index (χ2n) is 7.69. The van der Waals surface area contributed by atoms with Gasteiger partial charge in [-0.05, 0) is 35.1 Å². The molecule has 156 valence electrons. The molecule has 0 bridgehead atoms. The molecule has 0 atom stereocenters. The first-order chi connectivity index (χ1) is 14.2. The maximum Gasteiger partial charge on any atom is 0.283 e. The molecule has 3 amide bonds. The van der Waals surface area contributed by atoms with Gasteiger partial charge in [0.25, 0.3) is 17.7 Å². The van der Waals surface area contributed by atoms with Crippen LogP contribution in [0, 0.1) is 0 Å². The van der Waals surface area contributed by atoms with Gasteiger partial charge < -0.3 is 0 Å². The number of anilines is 1. The summed E-state index contributed by atoms with van der Waals surface area (Å²) in [5, 5.41) is 0.854. The lowest BCUT2D eigenvalue weighted by molar-refractivity contribution is -0.0348. The van der Waals surface area contributed by atoms with Crippen LogP contribution >= 0.6 is 12.2 Å². The van der Waals surface area contributed by atoms with Crippen LogP contribution in [0.4, 0.5) is 5.69 Å². The average Bonchev–Trinajstić information content (AvgIpc) is 2.98. The number of para-hydroxylation sites is 1. The molecule has 0 aromatic heterocycles. The Labute approximate surface area is 181 Å². The van der Waals surface area contributed by atoms with Gasteiger partial charge in [-0.15, -0.1) is 0 Å². The number of hydrogen-bond donors (Lipinski definition) is 0. The lowest BCUT2D eigenvalue weighted by Crippen LogP contribution is -2.33. The van der Waals surface area contributed by atoms with Gasteiger partial charge in [0, 0.05) is 0 Å². The van der Waals surface area contributed by atoms with Gasteiger partial charge >= 0.3 is 0 Å². The summed E-state index contributed by atoms with van der Waals surface area (Å²) in [7, 11) is 1.30. The zero-order valence-corrected chi connectivity index (χ0v) is 18.4. The molecule has 1 heterocycles. The summed E-state index contributed by atoms with van der Waals surface area (Å²) in [6, 6.07) is 10.4. The molecule has 0 N–H and O–H groups in total. The van der Waals surface area contributed by atoms with Crippen LogP contribution in [0.3, 0.4) is 0 Å². The number of benzene rings is 2. The summed E-state index contributed by atoms with van der Waals surface area (Å²) in [4.78, 5) is 45.9. The van der Waals surface area contributed by atoms with E-state index >= 15 is 0 Å². The number of amides is 3. The van der Waals surface area contributed by atoms with Gasteiger partial charge in [0.2, 0.25) is 0 Å². The highest BCUT2D eigenvalue weighted by molar-refractivity contribution is 7.78. The van der Waals surface area contributed by atoms with Crippen LogP contribution in [0.2, 0.25) is 0 Å². The third-order valence-electron chi connectivity index (χ3n) is 5.20. The van der Waals surface area contributed by atoms with Gasteiger partial charge in [0.1, 0.15) is 0 Å². The SMILES string of the molecule is CON(C=S)C(=O)c1cccc2c1C(=O)N(c1c(C(C)C)cccc1C(C)C)C2=O. The second kappa shape index (κ2) is 8.45. The monoisotopic (exact) mass is 424 g/mol. The predicted octanol–water partition coefficient (Wildman–Crippen LogP) is 4.69. The Kier molecular flexibility index (Phi) is 6.14. The Bertz CT molecular complexity index is 1020. The van der Waals surface area contributed by atoms with Crippen LogP contribution in [0.15, 0.2) is 36.4 Å². The summed E-state index contributed by atoms with van der Waals surface area (Å²) in [5.41, 5.74) is 3.79. The highest BCUT2D eigenvalue weighted by Gasteiger charge is 2.42. The molecule has 30 heavy (non-hydrogen) atoms. The van der Waals surface area contributed by atoms with E-state index in [1.54, 1.807) is 12.1 Å². The maximum absolute atomic E-state index is 13.5. The standard InChI is InChI=1S/C23H24N2O4S/c1-13(2)15-8-6-9-16(14(3)4)20(15)25-22(27)18-11-7-10-17(19(18)23(25)28)21(26)24(12-30)29-5/h6-14H,1-5H3. The van der Waals surface area contributed by atoms with E-state index in [2.05, 4.69) is 0 Å². The van der Waals surface area contributed by atoms with Gasteiger partial charge in [-0.2, -0.15) is 5.06 Å². The Morgan fingerprint density at radius 3 is 2.07 bits per heavy atom. The number of carbonyl (C=O) groups excluding carboxylic acids is 3. The van der Waals surface area contributed by atoms with Gasteiger partial charge in [0.15, 0.2) is 0 Å². The predicted molar refractivity (Wildman–Crippen MR) is 119 cm³/mol. The van der Waals surface area contributed by atoms with Crippen molar-refractivity contribution >= 4 is 41.1 Å². The minimum atomic E-state index is -0.603. The maximum atomic E-state index is 13.5. The number of fused-ring (bicyclic) bond motifs is 1. The van der Waals surface area contributed by atoms with Crippen molar-refractivity contribution in [3.05, 3.63) is 64.2 Å². The van der Waals surface area contributed by atoms with Crippen LogP contribution in [-0.2, 0) is 4.84 Å². The van der Waals surface area contributed by atoms with Crippen molar-refractivity contribution in [1.29, 1.82) is 0 Å². The van der Waals surface area contributed by atoms with E-state index in [0.717, 1.165) is 21.7 Å². The first-order valence-corrected chi connectivity index (χ1v) is 10.2. The van der Waals surface area contributed by atoms with E-state index in [9.17, 15) is 14.4 Å². The van der Waals surface area contributed by atoms with Crippen LogP contribution in [0.25, 0.3) is 0 Å². The minimum Gasteiger partial charge on any atom is -0.269 e. The molecule has 0 saturated heterocycles. The summed E-state index contributed by atoms with van der Waals surface area (Å²) < 4.78 is 0. The fraction of sp³-hybridized carbons (Fsp3) is 0.304. The van der Waals surface area contributed by atoms with Crippen molar-refractivity contribution < 1.29 is 19.2 Å². The zero-order chi connectivity index (χ0) is 22.2. The number of thiocarbonyl (C=S) groups is 1. The largest absolute Gasteiger partial charge is 0.283 e. The summed E-state index contributed by atoms with van der Waals surface area (Å²) in [6.45, 7) is 8.08. The van der Waals surface area contributed by atoms with Gasteiger partial charge in [-0.25, -0.2) is 4.90 Å². The first-order valence-electron chi connectivity index (χ1n) is 9.72. The van der Waals surface area contributed by atoms with Gasteiger partial charge in [-0.3, -0.25) is 19.2 Å². The van der Waals surface area contributed by atoms with Crippen LogP contribution in [-0.4, -0.2) is 35.4 Å². The van der Waals surface area contributed by atoms with E-state index in [-0.39, 0.29) is 28.5 Å². The molecule has 0 radical (unpaired) electrons. The molecule has 2 aromatic carbocycles. The second-order valence-corrected chi connectivity index (χ2v) is 7.90. The molecular formula is C23H24N2O4S. The normalized spacial score (nSPS) is 13.2. The quantitative estimate of drug-likeness (QED) is 0.382. The van der Waals surface area contributed by atoms with E-state index in [4.69, 9.17) is 17.1 Å². The molecule has 3 rings (SSSR count). The van der Waals surface area contributed by atoms with Crippen LogP contribution < -0.4 is 4.90 Å². The Balaban J connectivity index is 2.22. The highest BCUT2D eigenvalue weighted by Crippen LogP contribution is 2.40. The van der Waals surface area contributed by atoms with Gasteiger partial charge in [-0.1, -0.05) is 64.2 Å². The molecule has 2 aromatic rings. The van der Waals surface area contributed by atoms with Crippen LogP contribution in [0.1, 0.15) is 81.7 Å². The molecule has 1 aliphatic rings. The zero-order valence-electron chi connectivity index (χ0n) is 17.6. The molecule has 1 aliphatic heterocycles. The lowest BCUT2D eigenvalue weighted by Gasteiger charge is -2.25. The Hall–Kier alpha value is -2.90. The minimum absolute atomic E-state index is 0.0691. The number of imide groups is 1. The summed E-state index contributed by atoms with van der Waals surface area (Å²) in [6.07, 6.45) is 0. The van der Waals surface area contributed by atoms with Gasteiger partial charge in [0.05, 0.1) is 35.0 Å². The molecule has 7 heteroatoms. The highest BCUT2D eigenvalue weighted by atomic mass is 32.1. The van der Waals surface area contributed by atoms with E-state index < -0.39 is 17.7 Å². The number of hydroxylamine groups is 2. The lowest BCUT2D eigenvalue weighted by atomic mass is 9.92. The van der Waals surface area contributed by atoms with Crippen molar-refractivity contribution in [1.82, 2.24) is 5.06 Å². The molecule has 6 nitrogen and oxygen atoms in total. The van der Waals surface area contributed by atoms with Crippen molar-refractivity contribution in [2.45, 2.75) is 39.5 Å². The smallest absolute Gasteiger partial charge is 0.269 e. The summed E-state index contributed by atoms with van der Waals surface area (Å²) in [5.74, 6) is -1.36. The summed E-state index contributed by atoms with van der Waals surface area (Å²) >= 11 is 4.81. The van der Waals surface area contributed by atoms with Crippen molar-refractivity contribution in [3.63, 3.8) is 0 Å². The fourth-order valence-corrected chi connectivity index (χ4v) is 3.91. The number of carbonyl (C=O) groups is 3. The van der Waals surface area contributed by atoms with Crippen molar-refractivity contribution in [2.24, 2.45) is 0 Å². The molecule has 0 spiro atoms. The molecule has 0 fully saturated rings. The number of nitrogens with zero attached hydrogens (tertiary/aromatic N) is 2. The van der Waals surface area contributed by atoms with Crippen molar-refractivity contribution in [2.75, 3.05) is 12.0 Å². The average molecular weight is 425 g/mol. The van der Waals surface area contributed by atoms with E-state index in [1.165, 1.54) is 18.1 Å². The molecule has 0 saturated carbocycles. The fourth-order valence-electron chi connectivity index (χ4n) is 3.73. The molecule has 0 aliphatic carbocycles.